The van der Waals surface area contributed by atoms with Gasteiger partial charge in [0, 0.05) is 17.9 Å². The van der Waals surface area contributed by atoms with E-state index in [1.807, 2.05) is 24.3 Å². The summed E-state index contributed by atoms with van der Waals surface area (Å²) < 4.78 is 7.38. The summed E-state index contributed by atoms with van der Waals surface area (Å²) in [5, 5.41) is 9.68. The number of rotatable bonds is 7. The van der Waals surface area contributed by atoms with Crippen LogP contribution in [-0.4, -0.2) is 21.9 Å². The lowest BCUT2D eigenvalue weighted by Crippen LogP contribution is -2.00. The van der Waals surface area contributed by atoms with Gasteiger partial charge in [-0.25, -0.2) is 0 Å². The molecule has 1 heterocycles. The second-order valence-corrected chi connectivity index (χ2v) is 6.65. The zero-order valence-corrected chi connectivity index (χ0v) is 15.3. The van der Waals surface area contributed by atoms with E-state index < -0.39 is 0 Å². The summed E-state index contributed by atoms with van der Waals surface area (Å²) in [4.78, 5) is 0. The molecule has 0 N–H and O–H groups in total. The van der Waals surface area contributed by atoms with E-state index in [0.717, 1.165) is 28.0 Å². The summed E-state index contributed by atoms with van der Waals surface area (Å²) in [6.07, 6.45) is 1.87. The Hall–Kier alpha value is -2.53. The summed E-state index contributed by atoms with van der Waals surface area (Å²) in [5.74, 6) is 2.54. The predicted molar refractivity (Wildman–Crippen MR) is 103 cm³/mol. The van der Waals surface area contributed by atoms with Gasteiger partial charge in [0.2, 0.25) is 0 Å². The van der Waals surface area contributed by atoms with Gasteiger partial charge in [0.15, 0.2) is 11.0 Å². The van der Waals surface area contributed by atoms with Gasteiger partial charge in [-0.3, -0.25) is 4.57 Å². The van der Waals surface area contributed by atoms with Crippen LogP contribution in [0.25, 0.3) is 11.4 Å². The monoisotopic (exact) mass is 351 g/mol. The van der Waals surface area contributed by atoms with Crippen LogP contribution in [0.4, 0.5) is 0 Å². The highest BCUT2D eigenvalue weighted by Gasteiger charge is 2.13. The molecular formula is C20H21N3OS. The van der Waals surface area contributed by atoms with Crippen LogP contribution >= 0.6 is 11.8 Å². The van der Waals surface area contributed by atoms with Crippen LogP contribution in [0.3, 0.4) is 0 Å². The Morgan fingerprint density at radius 1 is 1.16 bits per heavy atom. The number of thioether (sulfide) groups is 1. The van der Waals surface area contributed by atoms with Crippen LogP contribution in [0.1, 0.15) is 11.1 Å². The highest BCUT2D eigenvalue weighted by atomic mass is 32.2. The standard InChI is InChI=1S/C20H21N3OS/c1-4-12-23-19(17-10-8-15(2)9-11-17)21-22-20(23)25-14-16-6-5-7-18(13-16)24-3/h4-11,13H,1,12,14H2,2-3H3. The topological polar surface area (TPSA) is 39.9 Å². The molecule has 3 rings (SSSR count). The largest absolute Gasteiger partial charge is 0.497 e. The van der Waals surface area contributed by atoms with Gasteiger partial charge in [-0.05, 0) is 24.6 Å². The molecule has 0 spiro atoms. The van der Waals surface area contributed by atoms with E-state index in [1.165, 1.54) is 11.1 Å². The first-order valence-corrected chi connectivity index (χ1v) is 9.06. The van der Waals surface area contributed by atoms with Crippen molar-refractivity contribution in [3.8, 4) is 17.1 Å². The molecule has 0 aliphatic rings. The number of hydrogen-bond acceptors (Lipinski definition) is 4. The summed E-state index contributed by atoms with van der Waals surface area (Å²) in [6.45, 7) is 6.62. The van der Waals surface area contributed by atoms with Gasteiger partial charge >= 0.3 is 0 Å². The van der Waals surface area contributed by atoms with Crippen LogP contribution < -0.4 is 4.74 Å². The van der Waals surface area contributed by atoms with Crippen molar-refractivity contribution in [3.05, 3.63) is 72.3 Å². The number of methoxy groups -OCH3 is 1. The zero-order valence-electron chi connectivity index (χ0n) is 14.5. The Balaban J connectivity index is 1.83. The number of allylic oxidation sites excluding steroid dienone is 1. The maximum absolute atomic E-state index is 5.29. The molecule has 0 saturated heterocycles. The molecule has 0 atom stereocenters. The van der Waals surface area contributed by atoms with E-state index in [0.29, 0.717) is 6.54 Å². The second-order valence-electron chi connectivity index (χ2n) is 5.71. The molecule has 3 aromatic rings. The van der Waals surface area contributed by atoms with E-state index in [-0.39, 0.29) is 0 Å². The molecule has 0 bridgehead atoms. The molecule has 5 heteroatoms. The van der Waals surface area contributed by atoms with E-state index in [4.69, 9.17) is 4.74 Å². The SMILES string of the molecule is C=CCn1c(SCc2cccc(OC)c2)nnc1-c1ccc(C)cc1. The molecule has 1 aromatic heterocycles. The summed E-state index contributed by atoms with van der Waals surface area (Å²) >= 11 is 1.66. The van der Waals surface area contributed by atoms with Gasteiger partial charge in [-0.1, -0.05) is 59.8 Å². The average molecular weight is 351 g/mol. The van der Waals surface area contributed by atoms with Crippen LogP contribution in [0, 0.1) is 6.92 Å². The lowest BCUT2D eigenvalue weighted by atomic mass is 10.1. The third-order valence-corrected chi connectivity index (χ3v) is 4.88. The molecule has 0 unspecified atom stereocenters. The van der Waals surface area contributed by atoms with Gasteiger partial charge in [0.25, 0.3) is 0 Å². The first-order valence-electron chi connectivity index (χ1n) is 8.08. The normalized spacial score (nSPS) is 10.6. The molecule has 0 fully saturated rings. The number of ether oxygens (including phenoxy) is 1. The number of aromatic nitrogens is 3. The van der Waals surface area contributed by atoms with Crippen molar-refractivity contribution in [1.29, 1.82) is 0 Å². The smallest absolute Gasteiger partial charge is 0.192 e. The first-order chi connectivity index (χ1) is 12.2. The Kier molecular flexibility index (Phi) is 5.56. The molecule has 0 amide bonds. The number of benzene rings is 2. The zero-order chi connectivity index (χ0) is 17.6. The Bertz CT molecular complexity index is 856. The maximum Gasteiger partial charge on any atom is 0.192 e. The first kappa shape index (κ1) is 17.3. The molecule has 128 valence electrons. The fourth-order valence-corrected chi connectivity index (χ4v) is 3.41. The van der Waals surface area contributed by atoms with E-state index in [1.54, 1.807) is 18.9 Å². The third-order valence-electron chi connectivity index (χ3n) is 3.84. The molecule has 25 heavy (non-hydrogen) atoms. The van der Waals surface area contributed by atoms with Crippen LogP contribution in [0.5, 0.6) is 5.75 Å². The summed E-state index contributed by atoms with van der Waals surface area (Å²) in [5.41, 5.74) is 3.48. The van der Waals surface area contributed by atoms with Crippen molar-refractivity contribution in [2.75, 3.05) is 7.11 Å². The molecule has 2 aromatic carbocycles. The number of aryl methyl sites for hydroxylation is 1. The molecule has 0 aliphatic carbocycles. The Morgan fingerprint density at radius 3 is 2.68 bits per heavy atom. The van der Waals surface area contributed by atoms with Crippen LogP contribution in [0.15, 0.2) is 66.3 Å². The fraction of sp³-hybridized carbons (Fsp3) is 0.200. The number of nitrogens with zero attached hydrogens (tertiary/aromatic N) is 3. The Morgan fingerprint density at radius 2 is 1.96 bits per heavy atom. The quantitative estimate of drug-likeness (QED) is 0.455. The molecule has 0 aliphatic heterocycles. The van der Waals surface area contributed by atoms with Crippen molar-refractivity contribution < 1.29 is 4.74 Å². The highest BCUT2D eigenvalue weighted by molar-refractivity contribution is 7.98. The predicted octanol–water partition coefficient (Wildman–Crippen LogP) is 4.74. The second kappa shape index (κ2) is 8.03. The minimum Gasteiger partial charge on any atom is -0.497 e. The fourth-order valence-electron chi connectivity index (χ4n) is 2.52. The number of hydrogen-bond donors (Lipinski definition) is 0. The minimum absolute atomic E-state index is 0.677. The van der Waals surface area contributed by atoms with Crippen LogP contribution in [-0.2, 0) is 12.3 Å². The average Bonchev–Trinajstić information content (AvgIpc) is 3.04. The van der Waals surface area contributed by atoms with Crippen molar-refractivity contribution >= 4 is 11.8 Å². The van der Waals surface area contributed by atoms with Crippen molar-refractivity contribution in [2.24, 2.45) is 0 Å². The minimum atomic E-state index is 0.677. The van der Waals surface area contributed by atoms with E-state index in [2.05, 4.69) is 58.6 Å². The van der Waals surface area contributed by atoms with Crippen molar-refractivity contribution in [3.63, 3.8) is 0 Å². The van der Waals surface area contributed by atoms with Gasteiger partial charge in [0.05, 0.1) is 7.11 Å². The van der Waals surface area contributed by atoms with Crippen molar-refractivity contribution in [1.82, 2.24) is 14.8 Å². The third kappa shape index (κ3) is 4.12. The molecule has 0 radical (unpaired) electrons. The summed E-state index contributed by atoms with van der Waals surface area (Å²) in [7, 11) is 1.68. The maximum atomic E-state index is 5.29. The van der Waals surface area contributed by atoms with E-state index >= 15 is 0 Å². The van der Waals surface area contributed by atoms with Crippen LogP contribution in [0.2, 0.25) is 0 Å². The molecular weight excluding hydrogens is 330 g/mol. The lowest BCUT2D eigenvalue weighted by molar-refractivity contribution is 0.414. The highest BCUT2D eigenvalue weighted by Crippen LogP contribution is 2.27. The van der Waals surface area contributed by atoms with E-state index in [9.17, 15) is 0 Å². The molecule has 0 saturated carbocycles. The molecule has 4 nitrogen and oxygen atoms in total. The lowest BCUT2D eigenvalue weighted by Gasteiger charge is -2.08. The van der Waals surface area contributed by atoms with Crippen molar-refractivity contribution in [2.45, 2.75) is 24.4 Å². The van der Waals surface area contributed by atoms with Gasteiger partial charge in [-0.15, -0.1) is 16.8 Å². The van der Waals surface area contributed by atoms with Gasteiger partial charge < -0.3 is 4.74 Å². The van der Waals surface area contributed by atoms with Gasteiger partial charge in [-0.2, -0.15) is 0 Å². The Labute approximate surface area is 152 Å². The van der Waals surface area contributed by atoms with Gasteiger partial charge in [0.1, 0.15) is 5.75 Å². The summed E-state index contributed by atoms with van der Waals surface area (Å²) in [6, 6.07) is 16.4.